The van der Waals surface area contributed by atoms with Crippen LogP contribution in [-0.4, -0.2) is 31.3 Å². The molecule has 1 fully saturated rings. The van der Waals surface area contributed by atoms with Gasteiger partial charge in [0.2, 0.25) is 0 Å². The Labute approximate surface area is 146 Å². The van der Waals surface area contributed by atoms with Crippen LogP contribution in [0.5, 0.6) is 0 Å². The molecule has 0 amide bonds. The highest BCUT2D eigenvalue weighted by molar-refractivity contribution is 5.56. The SMILES string of the molecule is Fc1ccccc1N1CC[NH+](Cc2cc(-c3ccccc3)on2)CC1. The van der Waals surface area contributed by atoms with Gasteiger partial charge < -0.3 is 14.3 Å². The van der Waals surface area contributed by atoms with Crippen LogP contribution in [0.15, 0.2) is 65.2 Å². The highest BCUT2D eigenvalue weighted by Gasteiger charge is 2.23. The number of halogens is 1. The van der Waals surface area contributed by atoms with Crippen LogP contribution in [0.4, 0.5) is 10.1 Å². The van der Waals surface area contributed by atoms with Gasteiger partial charge in [0.15, 0.2) is 5.76 Å². The minimum atomic E-state index is -0.144. The molecule has 0 spiro atoms. The van der Waals surface area contributed by atoms with E-state index in [1.165, 1.54) is 11.0 Å². The van der Waals surface area contributed by atoms with Crippen molar-refractivity contribution < 1.29 is 13.8 Å². The van der Waals surface area contributed by atoms with Gasteiger partial charge in [0, 0.05) is 11.6 Å². The van der Waals surface area contributed by atoms with Crippen molar-refractivity contribution in [3.05, 3.63) is 72.2 Å². The van der Waals surface area contributed by atoms with Gasteiger partial charge in [-0.2, -0.15) is 0 Å². The summed E-state index contributed by atoms with van der Waals surface area (Å²) in [6.07, 6.45) is 0. The Kier molecular flexibility index (Phi) is 4.48. The van der Waals surface area contributed by atoms with E-state index in [0.717, 1.165) is 49.7 Å². The molecule has 0 saturated carbocycles. The summed E-state index contributed by atoms with van der Waals surface area (Å²) in [4.78, 5) is 3.57. The van der Waals surface area contributed by atoms with Crippen molar-refractivity contribution in [2.75, 3.05) is 31.1 Å². The minimum absolute atomic E-state index is 0.144. The molecular formula is C20H21FN3O+. The van der Waals surface area contributed by atoms with E-state index < -0.39 is 0 Å². The molecule has 128 valence electrons. The van der Waals surface area contributed by atoms with Crippen molar-refractivity contribution in [3.63, 3.8) is 0 Å². The Morgan fingerprint density at radius 2 is 1.72 bits per heavy atom. The van der Waals surface area contributed by atoms with Gasteiger partial charge in [-0.25, -0.2) is 4.39 Å². The van der Waals surface area contributed by atoms with Gasteiger partial charge in [-0.15, -0.1) is 0 Å². The zero-order chi connectivity index (χ0) is 17.1. The molecule has 1 aromatic heterocycles. The van der Waals surface area contributed by atoms with E-state index in [-0.39, 0.29) is 5.82 Å². The van der Waals surface area contributed by atoms with Gasteiger partial charge in [-0.3, -0.25) is 0 Å². The highest BCUT2D eigenvalue weighted by Crippen LogP contribution is 2.20. The molecule has 1 saturated heterocycles. The standard InChI is InChI=1S/C20H20FN3O/c21-18-8-4-5-9-19(18)24-12-10-23(11-13-24)15-17-14-20(25-22-17)16-6-2-1-3-7-16/h1-9,14H,10-13,15H2/p+1. The van der Waals surface area contributed by atoms with Gasteiger partial charge in [-0.1, -0.05) is 47.6 Å². The summed E-state index contributed by atoms with van der Waals surface area (Å²) in [5, 5.41) is 4.21. The lowest BCUT2D eigenvalue weighted by molar-refractivity contribution is -0.914. The summed E-state index contributed by atoms with van der Waals surface area (Å²) in [5.41, 5.74) is 2.71. The second-order valence-electron chi connectivity index (χ2n) is 6.41. The Bertz CT molecular complexity index is 826. The molecular weight excluding hydrogens is 317 g/mol. The van der Waals surface area contributed by atoms with E-state index in [0.29, 0.717) is 5.69 Å². The molecule has 25 heavy (non-hydrogen) atoms. The van der Waals surface area contributed by atoms with Gasteiger partial charge >= 0.3 is 0 Å². The maximum Gasteiger partial charge on any atom is 0.167 e. The smallest absolute Gasteiger partial charge is 0.167 e. The van der Waals surface area contributed by atoms with E-state index in [9.17, 15) is 4.39 Å². The summed E-state index contributed by atoms with van der Waals surface area (Å²) in [6.45, 7) is 4.45. The Balaban J connectivity index is 1.36. The number of benzene rings is 2. The first-order valence-corrected chi connectivity index (χ1v) is 8.63. The summed E-state index contributed by atoms with van der Waals surface area (Å²) in [5.74, 6) is 0.662. The molecule has 5 heteroatoms. The summed E-state index contributed by atoms with van der Waals surface area (Å²) in [6, 6.07) is 19.0. The normalized spacial score (nSPS) is 15.5. The van der Waals surface area contributed by atoms with E-state index >= 15 is 0 Å². The number of hydrogen-bond acceptors (Lipinski definition) is 3. The van der Waals surface area contributed by atoms with Crippen LogP contribution < -0.4 is 9.80 Å². The molecule has 1 aliphatic heterocycles. The fourth-order valence-electron chi connectivity index (χ4n) is 3.34. The van der Waals surface area contributed by atoms with Crippen LogP contribution in [0, 0.1) is 5.82 Å². The first-order valence-electron chi connectivity index (χ1n) is 8.63. The van der Waals surface area contributed by atoms with E-state index in [2.05, 4.69) is 10.1 Å². The van der Waals surface area contributed by atoms with Crippen molar-refractivity contribution >= 4 is 5.69 Å². The number of para-hydroxylation sites is 1. The number of nitrogens with zero attached hydrogens (tertiary/aromatic N) is 2. The molecule has 0 atom stereocenters. The van der Waals surface area contributed by atoms with E-state index in [1.807, 2.05) is 48.5 Å². The van der Waals surface area contributed by atoms with Gasteiger partial charge in [-0.05, 0) is 12.1 Å². The number of nitrogens with one attached hydrogen (secondary N) is 1. The molecule has 2 heterocycles. The predicted molar refractivity (Wildman–Crippen MR) is 95.0 cm³/mol. The van der Waals surface area contributed by atoms with Crippen molar-refractivity contribution in [2.45, 2.75) is 6.54 Å². The average molecular weight is 338 g/mol. The third-order valence-corrected chi connectivity index (χ3v) is 4.71. The maximum atomic E-state index is 13.9. The molecule has 3 aromatic rings. The van der Waals surface area contributed by atoms with Crippen LogP contribution >= 0.6 is 0 Å². The Hall–Kier alpha value is -2.66. The van der Waals surface area contributed by atoms with E-state index in [1.54, 1.807) is 6.07 Å². The van der Waals surface area contributed by atoms with Crippen LogP contribution in [0.1, 0.15) is 5.69 Å². The zero-order valence-electron chi connectivity index (χ0n) is 14.0. The van der Waals surface area contributed by atoms with Crippen LogP contribution in [0.2, 0.25) is 0 Å². The minimum Gasteiger partial charge on any atom is -0.358 e. The average Bonchev–Trinajstić information content (AvgIpc) is 3.12. The fourth-order valence-corrected chi connectivity index (χ4v) is 3.34. The lowest BCUT2D eigenvalue weighted by Gasteiger charge is -2.33. The maximum absolute atomic E-state index is 13.9. The number of rotatable bonds is 4. The van der Waals surface area contributed by atoms with Crippen molar-refractivity contribution in [1.82, 2.24) is 5.16 Å². The van der Waals surface area contributed by atoms with E-state index in [4.69, 9.17) is 4.52 Å². The predicted octanol–water partition coefficient (Wildman–Crippen LogP) is 2.39. The zero-order valence-corrected chi connectivity index (χ0v) is 14.0. The summed E-state index contributed by atoms with van der Waals surface area (Å²) >= 11 is 0. The topological polar surface area (TPSA) is 33.7 Å². The van der Waals surface area contributed by atoms with Crippen molar-refractivity contribution in [2.24, 2.45) is 0 Å². The lowest BCUT2D eigenvalue weighted by atomic mass is 10.1. The molecule has 1 N–H and O–H groups in total. The molecule has 0 unspecified atom stereocenters. The fraction of sp³-hybridized carbons (Fsp3) is 0.250. The van der Waals surface area contributed by atoms with Gasteiger partial charge in [0.05, 0.1) is 31.9 Å². The molecule has 0 bridgehead atoms. The monoisotopic (exact) mass is 338 g/mol. The van der Waals surface area contributed by atoms with Crippen molar-refractivity contribution in [3.8, 4) is 11.3 Å². The molecule has 4 rings (SSSR count). The molecule has 4 nitrogen and oxygen atoms in total. The number of piperazine rings is 1. The van der Waals surface area contributed by atoms with Crippen LogP contribution in [0.25, 0.3) is 11.3 Å². The number of hydrogen-bond donors (Lipinski definition) is 1. The molecule has 0 radical (unpaired) electrons. The number of anilines is 1. The summed E-state index contributed by atoms with van der Waals surface area (Å²) < 4.78 is 19.4. The first-order chi connectivity index (χ1) is 12.3. The molecule has 0 aliphatic carbocycles. The van der Waals surface area contributed by atoms with Crippen molar-refractivity contribution in [1.29, 1.82) is 0 Å². The largest absolute Gasteiger partial charge is 0.358 e. The summed E-state index contributed by atoms with van der Waals surface area (Å²) in [7, 11) is 0. The second kappa shape index (κ2) is 7.07. The highest BCUT2D eigenvalue weighted by atomic mass is 19.1. The van der Waals surface area contributed by atoms with Gasteiger partial charge in [0.1, 0.15) is 18.1 Å². The second-order valence-corrected chi connectivity index (χ2v) is 6.41. The van der Waals surface area contributed by atoms with Crippen LogP contribution in [-0.2, 0) is 6.54 Å². The Morgan fingerprint density at radius 1 is 1.00 bits per heavy atom. The first kappa shape index (κ1) is 15.8. The van der Waals surface area contributed by atoms with Gasteiger partial charge in [0.25, 0.3) is 0 Å². The number of aromatic nitrogens is 1. The third-order valence-electron chi connectivity index (χ3n) is 4.71. The third kappa shape index (κ3) is 3.56. The quantitative estimate of drug-likeness (QED) is 0.793. The number of quaternary nitrogens is 1. The molecule has 1 aliphatic rings. The van der Waals surface area contributed by atoms with Crippen LogP contribution in [0.3, 0.4) is 0 Å². The lowest BCUT2D eigenvalue weighted by Crippen LogP contribution is -3.13. The molecule has 2 aromatic carbocycles. The Morgan fingerprint density at radius 3 is 2.48 bits per heavy atom.